The van der Waals surface area contributed by atoms with Crippen molar-refractivity contribution in [2.75, 3.05) is 0 Å². The van der Waals surface area contributed by atoms with Gasteiger partial charge in [0.2, 0.25) is 0 Å². The number of nitrogens with two attached hydrogens (primary N) is 1. The molecule has 0 amide bonds. The predicted octanol–water partition coefficient (Wildman–Crippen LogP) is 2.23. The maximum atomic E-state index is 13.0. The number of rotatable bonds is 2. The molecule has 0 fully saturated rings. The number of fused-ring (bicyclic) bond motifs is 1. The second-order valence-electron chi connectivity index (χ2n) is 4.40. The fourth-order valence-electron chi connectivity index (χ4n) is 2.28. The zero-order valence-corrected chi connectivity index (χ0v) is 10.5. The number of aryl methyl sites for hydroxylation is 1. The standard InChI is InChI=1S/C14H13FN4/c1-19-7-10(6-16)12-13(17-8-18-14(12)19)9-2-4-11(15)5-3-9/h2-5,7-8H,6,16H2,1H3. The molecule has 96 valence electrons. The summed E-state index contributed by atoms with van der Waals surface area (Å²) in [7, 11) is 1.92. The van der Waals surface area contributed by atoms with Crippen molar-refractivity contribution >= 4 is 11.0 Å². The topological polar surface area (TPSA) is 56.7 Å². The number of halogens is 1. The number of aromatic nitrogens is 3. The number of benzene rings is 1. The Bertz CT molecular complexity index is 731. The van der Waals surface area contributed by atoms with Gasteiger partial charge in [-0.15, -0.1) is 0 Å². The van der Waals surface area contributed by atoms with Crippen molar-refractivity contribution in [2.24, 2.45) is 12.8 Å². The molecular weight excluding hydrogens is 243 g/mol. The number of hydrogen-bond acceptors (Lipinski definition) is 3. The molecule has 0 aliphatic heterocycles. The van der Waals surface area contributed by atoms with Crippen LogP contribution in [0.4, 0.5) is 4.39 Å². The summed E-state index contributed by atoms with van der Waals surface area (Å²) in [5.74, 6) is -0.263. The van der Waals surface area contributed by atoms with Crippen LogP contribution in [-0.2, 0) is 13.6 Å². The molecule has 0 unspecified atom stereocenters. The van der Waals surface area contributed by atoms with Gasteiger partial charge in [0.15, 0.2) is 0 Å². The van der Waals surface area contributed by atoms with E-state index in [-0.39, 0.29) is 5.82 Å². The molecule has 0 radical (unpaired) electrons. The summed E-state index contributed by atoms with van der Waals surface area (Å²) in [4.78, 5) is 8.60. The van der Waals surface area contributed by atoms with E-state index in [1.807, 2.05) is 17.8 Å². The van der Waals surface area contributed by atoms with Crippen molar-refractivity contribution in [1.82, 2.24) is 14.5 Å². The van der Waals surface area contributed by atoms with Crippen LogP contribution in [-0.4, -0.2) is 14.5 Å². The van der Waals surface area contributed by atoms with E-state index >= 15 is 0 Å². The smallest absolute Gasteiger partial charge is 0.144 e. The van der Waals surface area contributed by atoms with Crippen LogP contribution in [0.3, 0.4) is 0 Å². The van der Waals surface area contributed by atoms with Gasteiger partial charge in [0.25, 0.3) is 0 Å². The second-order valence-corrected chi connectivity index (χ2v) is 4.40. The highest BCUT2D eigenvalue weighted by atomic mass is 19.1. The van der Waals surface area contributed by atoms with Gasteiger partial charge in [-0.25, -0.2) is 14.4 Å². The molecule has 0 saturated heterocycles. The SMILES string of the molecule is Cn1cc(CN)c2c(-c3ccc(F)cc3)ncnc21. The molecule has 0 saturated carbocycles. The fourth-order valence-corrected chi connectivity index (χ4v) is 2.28. The first-order chi connectivity index (χ1) is 9.20. The van der Waals surface area contributed by atoms with Crippen LogP contribution in [0.25, 0.3) is 22.3 Å². The van der Waals surface area contributed by atoms with Gasteiger partial charge in [0.05, 0.1) is 5.69 Å². The molecule has 19 heavy (non-hydrogen) atoms. The average molecular weight is 256 g/mol. The zero-order chi connectivity index (χ0) is 13.4. The molecule has 0 aliphatic carbocycles. The molecule has 1 aromatic carbocycles. The van der Waals surface area contributed by atoms with Crippen LogP contribution in [0, 0.1) is 5.82 Å². The van der Waals surface area contributed by atoms with Crippen molar-refractivity contribution in [2.45, 2.75) is 6.54 Å². The lowest BCUT2D eigenvalue weighted by Gasteiger charge is -2.04. The van der Waals surface area contributed by atoms with E-state index in [4.69, 9.17) is 5.73 Å². The molecule has 0 spiro atoms. The van der Waals surface area contributed by atoms with Gasteiger partial charge in [0, 0.05) is 30.7 Å². The van der Waals surface area contributed by atoms with E-state index < -0.39 is 0 Å². The Balaban J connectivity index is 2.31. The lowest BCUT2D eigenvalue weighted by Crippen LogP contribution is -1.96. The van der Waals surface area contributed by atoms with E-state index in [2.05, 4.69) is 9.97 Å². The first-order valence-corrected chi connectivity index (χ1v) is 5.95. The minimum atomic E-state index is -0.263. The number of hydrogen-bond donors (Lipinski definition) is 1. The highest BCUT2D eigenvalue weighted by Crippen LogP contribution is 2.29. The van der Waals surface area contributed by atoms with Crippen molar-refractivity contribution < 1.29 is 4.39 Å². The van der Waals surface area contributed by atoms with E-state index in [1.54, 1.807) is 12.1 Å². The molecular formula is C14H13FN4. The van der Waals surface area contributed by atoms with Crippen molar-refractivity contribution in [3.63, 3.8) is 0 Å². The van der Waals surface area contributed by atoms with Crippen molar-refractivity contribution in [3.05, 3.63) is 48.2 Å². The lowest BCUT2D eigenvalue weighted by atomic mass is 10.1. The van der Waals surface area contributed by atoms with Crippen LogP contribution < -0.4 is 5.73 Å². The summed E-state index contributed by atoms with van der Waals surface area (Å²) >= 11 is 0. The Morgan fingerprint density at radius 1 is 1.21 bits per heavy atom. The summed E-state index contributed by atoms with van der Waals surface area (Å²) in [6.45, 7) is 0.416. The van der Waals surface area contributed by atoms with E-state index in [9.17, 15) is 4.39 Å². The summed E-state index contributed by atoms with van der Waals surface area (Å²) in [5, 5.41) is 0.930. The summed E-state index contributed by atoms with van der Waals surface area (Å²) in [6, 6.07) is 6.28. The minimum Gasteiger partial charge on any atom is -0.335 e. The monoisotopic (exact) mass is 256 g/mol. The molecule has 2 N–H and O–H groups in total. The van der Waals surface area contributed by atoms with Gasteiger partial charge in [-0.3, -0.25) is 0 Å². The second kappa shape index (κ2) is 4.44. The van der Waals surface area contributed by atoms with Crippen LogP contribution >= 0.6 is 0 Å². The Morgan fingerprint density at radius 2 is 1.95 bits per heavy atom. The molecule has 3 aromatic rings. The Kier molecular flexibility index (Phi) is 2.76. The van der Waals surface area contributed by atoms with Crippen LogP contribution in [0.1, 0.15) is 5.56 Å². The van der Waals surface area contributed by atoms with Crippen molar-refractivity contribution in [1.29, 1.82) is 0 Å². The third-order valence-electron chi connectivity index (χ3n) is 3.17. The van der Waals surface area contributed by atoms with Gasteiger partial charge in [-0.1, -0.05) is 0 Å². The van der Waals surface area contributed by atoms with E-state index in [0.717, 1.165) is 27.9 Å². The maximum Gasteiger partial charge on any atom is 0.144 e. The third kappa shape index (κ3) is 1.88. The normalized spacial score (nSPS) is 11.1. The summed E-state index contributed by atoms with van der Waals surface area (Å²) in [5.41, 5.74) is 9.22. The molecule has 0 bridgehead atoms. The largest absolute Gasteiger partial charge is 0.335 e. The highest BCUT2D eigenvalue weighted by molar-refractivity contribution is 5.93. The predicted molar refractivity (Wildman–Crippen MR) is 71.8 cm³/mol. The van der Waals surface area contributed by atoms with Gasteiger partial charge in [-0.2, -0.15) is 0 Å². The quantitative estimate of drug-likeness (QED) is 0.765. The van der Waals surface area contributed by atoms with Crippen LogP contribution in [0.15, 0.2) is 36.8 Å². The molecule has 2 aromatic heterocycles. The van der Waals surface area contributed by atoms with Crippen LogP contribution in [0.2, 0.25) is 0 Å². The Labute approximate surface area is 109 Å². The molecule has 3 rings (SSSR count). The zero-order valence-electron chi connectivity index (χ0n) is 10.5. The minimum absolute atomic E-state index is 0.263. The molecule has 2 heterocycles. The van der Waals surface area contributed by atoms with Crippen molar-refractivity contribution in [3.8, 4) is 11.3 Å². The van der Waals surface area contributed by atoms with Gasteiger partial charge in [-0.05, 0) is 29.8 Å². The maximum absolute atomic E-state index is 13.0. The Morgan fingerprint density at radius 3 is 2.63 bits per heavy atom. The molecule has 0 aliphatic rings. The summed E-state index contributed by atoms with van der Waals surface area (Å²) < 4.78 is 14.9. The van der Waals surface area contributed by atoms with Gasteiger partial charge < -0.3 is 10.3 Å². The van der Waals surface area contributed by atoms with Crippen LogP contribution in [0.5, 0.6) is 0 Å². The first kappa shape index (κ1) is 11.8. The molecule has 5 heteroatoms. The average Bonchev–Trinajstić information content (AvgIpc) is 2.77. The van der Waals surface area contributed by atoms with Gasteiger partial charge in [0.1, 0.15) is 17.8 Å². The Hall–Kier alpha value is -2.27. The molecule has 4 nitrogen and oxygen atoms in total. The lowest BCUT2D eigenvalue weighted by molar-refractivity contribution is 0.628. The van der Waals surface area contributed by atoms with E-state index in [0.29, 0.717) is 6.54 Å². The highest BCUT2D eigenvalue weighted by Gasteiger charge is 2.13. The van der Waals surface area contributed by atoms with Gasteiger partial charge >= 0.3 is 0 Å². The number of nitrogens with zero attached hydrogens (tertiary/aromatic N) is 3. The first-order valence-electron chi connectivity index (χ1n) is 5.95. The fraction of sp³-hybridized carbons (Fsp3) is 0.143. The molecule has 0 atom stereocenters. The third-order valence-corrected chi connectivity index (χ3v) is 3.17. The summed E-state index contributed by atoms with van der Waals surface area (Å²) in [6.07, 6.45) is 3.47. The van der Waals surface area contributed by atoms with E-state index in [1.165, 1.54) is 18.5 Å².